The van der Waals surface area contributed by atoms with E-state index in [1.165, 1.54) is 17.7 Å². The Balaban J connectivity index is 1.74. The summed E-state index contributed by atoms with van der Waals surface area (Å²) in [5, 5.41) is 0. The Morgan fingerprint density at radius 1 is 1.23 bits per heavy atom. The molecule has 1 atom stereocenters. The van der Waals surface area contributed by atoms with Gasteiger partial charge in [0.25, 0.3) is 0 Å². The Hall–Kier alpha value is -1.90. The SMILES string of the molecule is CCCCOc1ccc(-c2ncc3c(n2)CCC(C)C3)cc1. The summed E-state index contributed by atoms with van der Waals surface area (Å²) in [6, 6.07) is 8.12. The average Bonchev–Trinajstić information content (AvgIpc) is 2.55. The van der Waals surface area contributed by atoms with Gasteiger partial charge in [0.2, 0.25) is 0 Å². The van der Waals surface area contributed by atoms with Crippen LogP contribution < -0.4 is 4.74 Å². The quantitative estimate of drug-likeness (QED) is 0.765. The monoisotopic (exact) mass is 296 g/mol. The predicted molar refractivity (Wildman–Crippen MR) is 89.1 cm³/mol. The minimum atomic E-state index is 0.751. The standard InChI is InChI=1S/C19H24N2O/c1-3-4-11-22-17-8-6-15(7-9-17)19-20-13-16-12-14(2)5-10-18(16)21-19/h6-9,13-14H,3-5,10-12H2,1-2H3. The molecule has 1 aromatic heterocycles. The van der Waals surface area contributed by atoms with E-state index < -0.39 is 0 Å². The number of aryl methyl sites for hydroxylation is 1. The maximum atomic E-state index is 5.70. The van der Waals surface area contributed by atoms with Crippen LogP contribution in [0, 0.1) is 5.92 Å². The lowest BCUT2D eigenvalue weighted by molar-refractivity contribution is 0.309. The van der Waals surface area contributed by atoms with E-state index in [4.69, 9.17) is 9.72 Å². The zero-order chi connectivity index (χ0) is 15.4. The molecule has 0 aliphatic heterocycles. The Kier molecular flexibility index (Phi) is 4.71. The number of aromatic nitrogens is 2. The summed E-state index contributed by atoms with van der Waals surface area (Å²) >= 11 is 0. The van der Waals surface area contributed by atoms with Crippen LogP contribution in [-0.2, 0) is 12.8 Å². The highest BCUT2D eigenvalue weighted by Gasteiger charge is 2.17. The van der Waals surface area contributed by atoms with Gasteiger partial charge in [-0.15, -0.1) is 0 Å². The van der Waals surface area contributed by atoms with Gasteiger partial charge in [0.05, 0.1) is 6.61 Å². The Labute approximate surface area is 132 Å². The van der Waals surface area contributed by atoms with Crippen LogP contribution in [0.25, 0.3) is 11.4 Å². The maximum absolute atomic E-state index is 5.70. The highest BCUT2D eigenvalue weighted by atomic mass is 16.5. The normalized spacial score (nSPS) is 17.1. The summed E-state index contributed by atoms with van der Waals surface area (Å²) < 4.78 is 5.70. The molecule has 116 valence electrons. The molecular weight excluding hydrogens is 272 g/mol. The van der Waals surface area contributed by atoms with Gasteiger partial charge < -0.3 is 4.74 Å². The molecule has 0 N–H and O–H groups in total. The predicted octanol–water partition coefficient (Wildman–Crippen LogP) is 4.45. The molecule has 1 heterocycles. The lowest BCUT2D eigenvalue weighted by atomic mass is 9.89. The fourth-order valence-corrected chi connectivity index (χ4v) is 2.86. The van der Waals surface area contributed by atoms with Gasteiger partial charge in [-0.3, -0.25) is 0 Å². The lowest BCUT2D eigenvalue weighted by Gasteiger charge is -2.20. The molecule has 0 spiro atoms. The first kappa shape index (κ1) is 15.0. The van der Waals surface area contributed by atoms with E-state index in [0.29, 0.717) is 0 Å². The number of rotatable bonds is 5. The molecular formula is C19H24N2O. The summed E-state index contributed by atoms with van der Waals surface area (Å²) in [5.74, 6) is 2.50. The van der Waals surface area contributed by atoms with Crippen LogP contribution in [0.3, 0.4) is 0 Å². The Bertz CT molecular complexity index is 622. The molecule has 1 aromatic carbocycles. The zero-order valence-corrected chi connectivity index (χ0v) is 13.5. The third-order valence-corrected chi connectivity index (χ3v) is 4.28. The molecule has 3 rings (SSSR count). The third-order valence-electron chi connectivity index (χ3n) is 4.28. The van der Waals surface area contributed by atoms with Gasteiger partial charge in [-0.25, -0.2) is 9.97 Å². The molecule has 1 unspecified atom stereocenters. The van der Waals surface area contributed by atoms with Crippen molar-refractivity contribution in [2.24, 2.45) is 5.92 Å². The third kappa shape index (κ3) is 3.46. The van der Waals surface area contributed by atoms with E-state index in [-0.39, 0.29) is 0 Å². The van der Waals surface area contributed by atoms with Crippen LogP contribution in [0.2, 0.25) is 0 Å². The molecule has 1 aliphatic carbocycles. The largest absolute Gasteiger partial charge is 0.494 e. The Morgan fingerprint density at radius 3 is 2.82 bits per heavy atom. The summed E-state index contributed by atoms with van der Waals surface area (Å²) in [4.78, 5) is 9.32. The second-order valence-electron chi connectivity index (χ2n) is 6.24. The molecule has 0 fully saturated rings. The van der Waals surface area contributed by atoms with Crippen LogP contribution in [0.5, 0.6) is 5.75 Å². The van der Waals surface area contributed by atoms with E-state index in [1.807, 2.05) is 18.3 Å². The minimum Gasteiger partial charge on any atom is -0.494 e. The molecule has 3 heteroatoms. The molecule has 0 amide bonds. The van der Waals surface area contributed by atoms with Crippen LogP contribution in [0.15, 0.2) is 30.5 Å². The van der Waals surface area contributed by atoms with E-state index in [0.717, 1.165) is 55.3 Å². The van der Waals surface area contributed by atoms with Crippen LogP contribution in [-0.4, -0.2) is 16.6 Å². The van der Waals surface area contributed by atoms with Crippen LogP contribution >= 0.6 is 0 Å². The number of ether oxygens (including phenoxy) is 1. The topological polar surface area (TPSA) is 35.0 Å². The number of hydrogen-bond acceptors (Lipinski definition) is 3. The molecule has 0 saturated carbocycles. The molecule has 2 aromatic rings. The first-order chi connectivity index (χ1) is 10.8. The van der Waals surface area contributed by atoms with E-state index in [9.17, 15) is 0 Å². The van der Waals surface area contributed by atoms with Crippen molar-refractivity contribution in [3.8, 4) is 17.1 Å². The fourth-order valence-electron chi connectivity index (χ4n) is 2.86. The summed E-state index contributed by atoms with van der Waals surface area (Å²) in [7, 11) is 0. The van der Waals surface area contributed by atoms with Gasteiger partial charge in [-0.1, -0.05) is 20.3 Å². The molecule has 3 nitrogen and oxygen atoms in total. The van der Waals surface area contributed by atoms with E-state index >= 15 is 0 Å². The van der Waals surface area contributed by atoms with Gasteiger partial charge in [0.1, 0.15) is 5.75 Å². The van der Waals surface area contributed by atoms with Crippen LogP contribution in [0.1, 0.15) is 44.4 Å². The summed E-state index contributed by atoms with van der Waals surface area (Å²) in [6.07, 6.45) is 7.67. The van der Waals surface area contributed by atoms with Crippen molar-refractivity contribution in [1.82, 2.24) is 9.97 Å². The van der Waals surface area contributed by atoms with E-state index in [1.54, 1.807) is 0 Å². The average molecular weight is 296 g/mol. The van der Waals surface area contributed by atoms with E-state index in [2.05, 4.69) is 31.0 Å². The van der Waals surface area contributed by atoms with Crippen LogP contribution in [0.4, 0.5) is 0 Å². The Morgan fingerprint density at radius 2 is 2.05 bits per heavy atom. The van der Waals surface area contributed by atoms with Gasteiger partial charge in [0.15, 0.2) is 5.82 Å². The smallest absolute Gasteiger partial charge is 0.159 e. The molecule has 22 heavy (non-hydrogen) atoms. The maximum Gasteiger partial charge on any atom is 0.159 e. The van der Waals surface area contributed by atoms with Crippen molar-refractivity contribution in [2.75, 3.05) is 6.61 Å². The van der Waals surface area contributed by atoms with Gasteiger partial charge in [0, 0.05) is 17.5 Å². The number of hydrogen-bond donors (Lipinski definition) is 0. The van der Waals surface area contributed by atoms with Gasteiger partial charge in [-0.2, -0.15) is 0 Å². The minimum absolute atomic E-state index is 0.751. The zero-order valence-electron chi connectivity index (χ0n) is 13.5. The van der Waals surface area contributed by atoms with Crippen molar-refractivity contribution in [3.63, 3.8) is 0 Å². The first-order valence-electron chi connectivity index (χ1n) is 8.34. The van der Waals surface area contributed by atoms with Crippen molar-refractivity contribution < 1.29 is 4.74 Å². The van der Waals surface area contributed by atoms with Crippen molar-refractivity contribution in [2.45, 2.75) is 46.0 Å². The molecule has 0 radical (unpaired) electrons. The number of nitrogens with zero attached hydrogens (tertiary/aromatic N) is 2. The van der Waals surface area contributed by atoms with Gasteiger partial charge in [-0.05, 0) is 61.4 Å². The number of fused-ring (bicyclic) bond motifs is 1. The second kappa shape index (κ2) is 6.91. The fraction of sp³-hybridized carbons (Fsp3) is 0.474. The molecule has 1 aliphatic rings. The second-order valence-corrected chi connectivity index (χ2v) is 6.24. The van der Waals surface area contributed by atoms with Gasteiger partial charge >= 0.3 is 0 Å². The summed E-state index contributed by atoms with van der Waals surface area (Å²) in [5.41, 5.74) is 3.61. The molecule has 0 bridgehead atoms. The van der Waals surface area contributed by atoms with Crippen molar-refractivity contribution in [1.29, 1.82) is 0 Å². The summed E-state index contributed by atoms with van der Waals surface area (Å²) in [6.45, 7) is 5.25. The highest BCUT2D eigenvalue weighted by Crippen LogP contribution is 2.26. The number of benzene rings is 1. The molecule has 0 saturated heterocycles. The lowest BCUT2D eigenvalue weighted by Crippen LogP contribution is -2.14. The van der Waals surface area contributed by atoms with Crippen molar-refractivity contribution in [3.05, 3.63) is 41.7 Å². The van der Waals surface area contributed by atoms with Crippen molar-refractivity contribution >= 4 is 0 Å². The number of unbranched alkanes of at least 4 members (excludes halogenated alkanes) is 1. The highest BCUT2D eigenvalue weighted by molar-refractivity contribution is 5.56. The first-order valence-corrected chi connectivity index (χ1v) is 8.34.